The highest BCUT2D eigenvalue weighted by Gasteiger charge is 2.25. The van der Waals surface area contributed by atoms with Gasteiger partial charge in [0.15, 0.2) is 0 Å². The minimum Gasteiger partial charge on any atom is -0.462 e. The average Bonchev–Trinajstić information content (AvgIpc) is 2.29. The first-order chi connectivity index (χ1) is 8.15. The topological polar surface area (TPSA) is 79.4 Å². The molecule has 2 rings (SSSR count). The molecule has 0 aromatic carbocycles. The predicted octanol–water partition coefficient (Wildman–Crippen LogP) is 0.921. The number of aromatic nitrogens is 1. The van der Waals surface area contributed by atoms with Crippen molar-refractivity contribution in [1.29, 1.82) is 0 Å². The maximum absolute atomic E-state index is 12.1. The maximum atomic E-state index is 12.1. The third kappa shape index (κ3) is 2.10. The van der Waals surface area contributed by atoms with Crippen molar-refractivity contribution in [3.8, 4) is 0 Å². The molecule has 1 aliphatic rings. The molecule has 5 nitrogen and oxygen atoms in total. The number of rotatable bonds is 2. The number of esters is 1. The van der Waals surface area contributed by atoms with Crippen LogP contribution in [0, 0.1) is 0 Å². The van der Waals surface area contributed by atoms with Gasteiger partial charge in [-0.25, -0.2) is 4.79 Å². The zero-order chi connectivity index (χ0) is 12.4. The Hall–Kier alpha value is -1.62. The van der Waals surface area contributed by atoms with E-state index in [2.05, 4.69) is 4.98 Å². The number of hydrogen-bond acceptors (Lipinski definition) is 4. The molecule has 0 bridgehead atoms. The largest absolute Gasteiger partial charge is 0.462 e. The molecule has 5 heteroatoms. The number of fused-ring (bicyclic) bond motifs is 1. The monoisotopic (exact) mass is 237 g/mol. The van der Waals surface area contributed by atoms with Gasteiger partial charge in [0.25, 0.3) is 0 Å². The number of ether oxygens (including phenoxy) is 1. The summed E-state index contributed by atoms with van der Waals surface area (Å²) in [5, 5.41) is 9.81. The number of aryl methyl sites for hydroxylation is 1. The average molecular weight is 237 g/mol. The molecule has 0 spiro atoms. The molecule has 0 unspecified atom stereocenters. The number of aromatic amines is 1. The van der Waals surface area contributed by atoms with Gasteiger partial charge < -0.3 is 14.8 Å². The lowest BCUT2D eigenvalue weighted by Crippen LogP contribution is -2.27. The predicted molar refractivity (Wildman–Crippen MR) is 60.9 cm³/mol. The normalized spacial score (nSPS) is 18.6. The molecule has 0 amide bonds. The van der Waals surface area contributed by atoms with Gasteiger partial charge in [0.2, 0.25) is 5.43 Å². The minimum absolute atomic E-state index is 0.0356. The van der Waals surface area contributed by atoms with Crippen molar-refractivity contribution in [3.05, 3.63) is 33.2 Å². The van der Waals surface area contributed by atoms with E-state index in [1.807, 2.05) is 0 Å². The Kier molecular flexibility index (Phi) is 3.28. The zero-order valence-electron chi connectivity index (χ0n) is 9.66. The number of H-pyrrole nitrogens is 1. The fourth-order valence-electron chi connectivity index (χ4n) is 2.12. The second-order valence-electron chi connectivity index (χ2n) is 4.05. The SMILES string of the molecule is CCOC(=O)c1c[nH]c2c(c1=O)[C@H](O)CCC2. The number of carbonyl (C=O) groups excluding carboxylic acids is 1. The zero-order valence-corrected chi connectivity index (χ0v) is 9.66. The Morgan fingerprint density at radius 2 is 2.41 bits per heavy atom. The van der Waals surface area contributed by atoms with Gasteiger partial charge in [0.1, 0.15) is 5.56 Å². The smallest absolute Gasteiger partial charge is 0.343 e. The first kappa shape index (κ1) is 11.9. The summed E-state index contributed by atoms with van der Waals surface area (Å²) in [4.78, 5) is 26.5. The molecule has 1 heterocycles. The Bertz CT molecular complexity index is 492. The number of aliphatic hydroxyl groups is 1. The van der Waals surface area contributed by atoms with Gasteiger partial charge in [-0.1, -0.05) is 0 Å². The first-order valence-electron chi connectivity index (χ1n) is 5.74. The van der Waals surface area contributed by atoms with Crippen molar-refractivity contribution in [2.45, 2.75) is 32.3 Å². The summed E-state index contributed by atoms with van der Waals surface area (Å²) in [6.45, 7) is 1.90. The van der Waals surface area contributed by atoms with Crippen molar-refractivity contribution in [2.24, 2.45) is 0 Å². The minimum atomic E-state index is -0.781. The molecule has 2 N–H and O–H groups in total. The molecule has 1 atom stereocenters. The molecule has 0 saturated heterocycles. The highest BCUT2D eigenvalue weighted by molar-refractivity contribution is 5.89. The van der Waals surface area contributed by atoms with Crippen molar-refractivity contribution in [1.82, 2.24) is 4.98 Å². The number of carbonyl (C=O) groups is 1. The molecule has 0 radical (unpaired) electrons. The Morgan fingerprint density at radius 1 is 1.65 bits per heavy atom. The van der Waals surface area contributed by atoms with Gasteiger partial charge >= 0.3 is 5.97 Å². The number of aliphatic hydroxyl groups excluding tert-OH is 1. The lowest BCUT2D eigenvalue weighted by molar-refractivity contribution is 0.0523. The number of hydrogen-bond donors (Lipinski definition) is 2. The van der Waals surface area contributed by atoms with Crippen LogP contribution in [0.5, 0.6) is 0 Å². The van der Waals surface area contributed by atoms with Crippen LogP contribution in [0.2, 0.25) is 0 Å². The summed E-state index contributed by atoms with van der Waals surface area (Å²) in [6.07, 6.45) is 2.71. The van der Waals surface area contributed by atoms with E-state index in [0.717, 1.165) is 18.5 Å². The van der Waals surface area contributed by atoms with E-state index < -0.39 is 17.5 Å². The number of nitrogens with one attached hydrogen (secondary N) is 1. The van der Waals surface area contributed by atoms with Crippen molar-refractivity contribution in [3.63, 3.8) is 0 Å². The van der Waals surface area contributed by atoms with E-state index in [9.17, 15) is 14.7 Å². The fourth-order valence-corrected chi connectivity index (χ4v) is 2.12. The maximum Gasteiger partial charge on any atom is 0.343 e. The van der Waals surface area contributed by atoms with E-state index in [-0.39, 0.29) is 12.2 Å². The van der Waals surface area contributed by atoms with Gasteiger partial charge in [-0.3, -0.25) is 4.79 Å². The molecule has 0 saturated carbocycles. The molecule has 1 aliphatic carbocycles. The van der Waals surface area contributed by atoms with Crippen LogP contribution >= 0.6 is 0 Å². The highest BCUT2D eigenvalue weighted by Crippen LogP contribution is 2.25. The highest BCUT2D eigenvalue weighted by atomic mass is 16.5. The number of pyridine rings is 1. The Labute approximate surface area is 98.4 Å². The third-order valence-electron chi connectivity index (χ3n) is 2.94. The fraction of sp³-hybridized carbons (Fsp3) is 0.500. The quantitative estimate of drug-likeness (QED) is 0.750. The summed E-state index contributed by atoms with van der Waals surface area (Å²) >= 11 is 0. The van der Waals surface area contributed by atoms with Gasteiger partial charge in [0.05, 0.1) is 12.7 Å². The van der Waals surface area contributed by atoms with Crippen LogP contribution in [0.25, 0.3) is 0 Å². The summed E-state index contributed by atoms with van der Waals surface area (Å²) < 4.78 is 4.79. The van der Waals surface area contributed by atoms with Crippen LogP contribution in [-0.2, 0) is 11.2 Å². The second-order valence-corrected chi connectivity index (χ2v) is 4.05. The van der Waals surface area contributed by atoms with Gasteiger partial charge in [-0.15, -0.1) is 0 Å². The molecule has 0 fully saturated rings. The molecule has 1 aromatic heterocycles. The lowest BCUT2D eigenvalue weighted by Gasteiger charge is -2.20. The molecular weight excluding hydrogens is 222 g/mol. The van der Waals surface area contributed by atoms with Crippen molar-refractivity contribution >= 4 is 5.97 Å². The molecule has 17 heavy (non-hydrogen) atoms. The van der Waals surface area contributed by atoms with Crippen molar-refractivity contribution < 1.29 is 14.6 Å². The van der Waals surface area contributed by atoms with Crippen LogP contribution in [-0.4, -0.2) is 22.7 Å². The Morgan fingerprint density at radius 3 is 3.12 bits per heavy atom. The van der Waals surface area contributed by atoms with Gasteiger partial charge in [0, 0.05) is 17.5 Å². The van der Waals surface area contributed by atoms with Crippen LogP contribution < -0.4 is 5.43 Å². The van der Waals surface area contributed by atoms with Crippen LogP contribution in [0.1, 0.15) is 47.5 Å². The van der Waals surface area contributed by atoms with Crippen molar-refractivity contribution in [2.75, 3.05) is 6.61 Å². The van der Waals surface area contributed by atoms with E-state index in [1.165, 1.54) is 6.20 Å². The summed E-state index contributed by atoms with van der Waals surface area (Å²) in [7, 11) is 0. The second kappa shape index (κ2) is 4.71. The molecule has 0 aliphatic heterocycles. The molecular formula is C12H15NO4. The standard InChI is InChI=1S/C12H15NO4/c1-2-17-12(16)7-6-13-8-4-3-5-9(14)10(8)11(7)15/h6,9,14H,2-5H2,1H3,(H,13,15)/t9-/m1/s1. The summed E-state index contributed by atoms with van der Waals surface area (Å²) in [5.41, 5.74) is 0.597. The summed E-state index contributed by atoms with van der Waals surface area (Å²) in [5.74, 6) is -0.644. The third-order valence-corrected chi connectivity index (χ3v) is 2.94. The van der Waals surface area contributed by atoms with Gasteiger partial charge in [-0.05, 0) is 26.2 Å². The van der Waals surface area contributed by atoms with Crippen LogP contribution in [0.15, 0.2) is 11.0 Å². The molecule has 92 valence electrons. The lowest BCUT2D eigenvalue weighted by atomic mass is 9.92. The Balaban J connectivity index is 2.48. The van der Waals surface area contributed by atoms with E-state index >= 15 is 0 Å². The van der Waals surface area contributed by atoms with Gasteiger partial charge in [-0.2, -0.15) is 0 Å². The van der Waals surface area contributed by atoms with Crippen LogP contribution in [0.4, 0.5) is 0 Å². The van der Waals surface area contributed by atoms with Crippen LogP contribution in [0.3, 0.4) is 0 Å². The molecule has 1 aromatic rings. The van der Waals surface area contributed by atoms with E-state index in [1.54, 1.807) is 6.92 Å². The first-order valence-corrected chi connectivity index (χ1v) is 5.74. The van der Waals surface area contributed by atoms with E-state index in [0.29, 0.717) is 12.0 Å². The van der Waals surface area contributed by atoms with E-state index in [4.69, 9.17) is 4.74 Å². The summed E-state index contributed by atoms with van der Waals surface area (Å²) in [6, 6.07) is 0.